The number of esters is 1. The molecule has 0 radical (unpaired) electrons. The molecule has 3 aliphatic heterocycles. The van der Waals surface area contributed by atoms with E-state index in [4.69, 9.17) is 0 Å². The van der Waals surface area contributed by atoms with Crippen molar-refractivity contribution in [1.29, 1.82) is 0 Å². The molecule has 5 aliphatic rings. The van der Waals surface area contributed by atoms with Crippen LogP contribution in [0, 0.1) is 17.8 Å². The predicted molar refractivity (Wildman–Crippen MR) is 140 cm³/mol. The molecule has 2 aliphatic carbocycles. The zero-order chi connectivity index (χ0) is 32.4. The Kier molecular flexibility index (Phi) is 10.2. The van der Waals surface area contributed by atoms with Crippen LogP contribution in [0.4, 0.5) is 26.3 Å². The number of nitrogens with one attached hydrogen (secondary N) is 3. The summed E-state index contributed by atoms with van der Waals surface area (Å²) in [6.45, 7) is 1.58. The lowest BCUT2D eigenvalue weighted by Gasteiger charge is -2.54. The molecule has 2 saturated carbocycles. The summed E-state index contributed by atoms with van der Waals surface area (Å²) in [7, 11) is 0. The van der Waals surface area contributed by atoms with Crippen LogP contribution < -0.4 is 16.0 Å². The van der Waals surface area contributed by atoms with Crippen LogP contribution >= 0.6 is 0 Å². The standard InChI is InChI=1S/C28H36F6N4O6/c1-2-44-25(42)19(29)12-16(11-15-8-9-35-22(15)39)36-23(40)21-18-7-6-17(13-27(18,30)31)38(21)24(41)20(10-14-4-3-5-14)37-26(43)28(32,33)34/h12,14-18,20-21H,2-11,13H2,1H3,(H,35,39)(H,36,40)(H,37,43)/b19-12-/t15-,16+,17+,18+,20+,21+/m0/s1. The number of hydrogen-bond donors (Lipinski definition) is 3. The van der Waals surface area contributed by atoms with Gasteiger partial charge in [0.1, 0.15) is 12.1 Å². The summed E-state index contributed by atoms with van der Waals surface area (Å²) in [5.74, 6) is -13.7. The maximum Gasteiger partial charge on any atom is 0.471 e. The van der Waals surface area contributed by atoms with E-state index in [0.717, 1.165) is 11.3 Å². The van der Waals surface area contributed by atoms with E-state index in [9.17, 15) is 41.5 Å². The minimum absolute atomic E-state index is 0.0577. The molecule has 246 valence electrons. The minimum Gasteiger partial charge on any atom is -0.461 e. The Morgan fingerprint density at radius 3 is 2.34 bits per heavy atom. The molecule has 3 N–H and O–H groups in total. The molecule has 16 heteroatoms. The van der Waals surface area contributed by atoms with E-state index in [1.165, 1.54) is 6.92 Å². The van der Waals surface area contributed by atoms with E-state index in [1.807, 2.05) is 0 Å². The van der Waals surface area contributed by atoms with Crippen LogP contribution in [0.5, 0.6) is 0 Å². The normalized spacial score (nSPS) is 28.0. The van der Waals surface area contributed by atoms with Crippen LogP contribution in [-0.2, 0) is 28.7 Å². The lowest BCUT2D eigenvalue weighted by atomic mass is 9.71. The van der Waals surface area contributed by atoms with Crippen molar-refractivity contribution < 1.29 is 55.1 Å². The Bertz CT molecular complexity index is 1180. The van der Waals surface area contributed by atoms with Gasteiger partial charge in [-0.3, -0.25) is 19.2 Å². The number of piperidine rings is 2. The van der Waals surface area contributed by atoms with E-state index >= 15 is 8.78 Å². The zero-order valence-electron chi connectivity index (χ0n) is 24.1. The molecule has 5 fully saturated rings. The van der Waals surface area contributed by atoms with Crippen molar-refractivity contribution in [3.8, 4) is 0 Å². The molecular weight excluding hydrogens is 602 g/mol. The Labute approximate surface area is 249 Å². The maximum atomic E-state index is 15.2. The number of carbonyl (C=O) groups is 5. The summed E-state index contributed by atoms with van der Waals surface area (Å²) in [6.07, 6.45) is -3.60. The molecule has 5 rings (SSSR count). The largest absolute Gasteiger partial charge is 0.471 e. The second-order valence-corrected chi connectivity index (χ2v) is 11.9. The number of ether oxygens (including phenoxy) is 1. The van der Waals surface area contributed by atoms with Gasteiger partial charge in [-0.2, -0.15) is 17.6 Å². The molecule has 0 aromatic rings. The first-order valence-corrected chi connectivity index (χ1v) is 14.8. The van der Waals surface area contributed by atoms with Crippen LogP contribution in [-0.4, -0.2) is 83.9 Å². The first kappa shape index (κ1) is 33.6. The molecule has 6 atom stereocenters. The van der Waals surface area contributed by atoms with Crippen molar-refractivity contribution in [2.24, 2.45) is 17.8 Å². The topological polar surface area (TPSA) is 134 Å². The van der Waals surface area contributed by atoms with E-state index in [0.29, 0.717) is 31.9 Å². The summed E-state index contributed by atoms with van der Waals surface area (Å²) in [5.41, 5.74) is 0. The molecule has 0 aromatic heterocycles. The lowest BCUT2D eigenvalue weighted by Crippen LogP contribution is -2.71. The van der Waals surface area contributed by atoms with Crippen molar-refractivity contribution in [3.05, 3.63) is 11.9 Å². The molecule has 44 heavy (non-hydrogen) atoms. The first-order valence-electron chi connectivity index (χ1n) is 14.8. The van der Waals surface area contributed by atoms with Gasteiger partial charge in [-0.15, -0.1) is 0 Å². The van der Waals surface area contributed by atoms with Gasteiger partial charge in [0.15, 0.2) is 0 Å². The SMILES string of the molecule is CCOC(=O)/C(F)=C/[C@@H](C[C@@H]1CCNC1=O)NC(=O)[C@H]1[C@H]2CC[C@H](CC2(F)F)N1C(=O)[C@@H](CC1CCC1)NC(=O)C(F)(F)F. The lowest BCUT2D eigenvalue weighted by molar-refractivity contribution is -0.196. The Morgan fingerprint density at radius 1 is 1.09 bits per heavy atom. The molecule has 2 bridgehead atoms. The number of carbonyl (C=O) groups excluding carboxylic acids is 5. The summed E-state index contributed by atoms with van der Waals surface area (Å²) in [4.78, 5) is 64.4. The van der Waals surface area contributed by atoms with Crippen LogP contribution in [0.15, 0.2) is 11.9 Å². The molecule has 3 heterocycles. The highest BCUT2D eigenvalue weighted by Crippen LogP contribution is 2.49. The fraction of sp³-hybridized carbons (Fsp3) is 0.750. The van der Waals surface area contributed by atoms with Gasteiger partial charge in [0, 0.05) is 24.9 Å². The Balaban J connectivity index is 1.64. The van der Waals surface area contributed by atoms with Crippen LogP contribution in [0.2, 0.25) is 0 Å². The fourth-order valence-electron chi connectivity index (χ4n) is 6.59. The van der Waals surface area contributed by atoms with Gasteiger partial charge in [-0.25, -0.2) is 13.6 Å². The van der Waals surface area contributed by atoms with Crippen molar-refractivity contribution in [2.45, 2.75) is 101 Å². The van der Waals surface area contributed by atoms with Gasteiger partial charge in [-0.05, 0) is 51.0 Å². The summed E-state index contributed by atoms with van der Waals surface area (Å²) in [5, 5.41) is 6.69. The first-order chi connectivity index (χ1) is 20.6. The smallest absolute Gasteiger partial charge is 0.461 e. The molecule has 4 amide bonds. The highest BCUT2D eigenvalue weighted by Gasteiger charge is 2.61. The van der Waals surface area contributed by atoms with Gasteiger partial charge < -0.3 is 25.6 Å². The number of halogens is 6. The Hall–Kier alpha value is -3.33. The number of amides is 4. The van der Waals surface area contributed by atoms with Gasteiger partial charge in [0.05, 0.1) is 18.6 Å². The van der Waals surface area contributed by atoms with Crippen molar-refractivity contribution in [3.63, 3.8) is 0 Å². The highest BCUT2D eigenvalue weighted by atomic mass is 19.4. The van der Waals surface area contributed by atoms with Crippen molar-refractivity contribution in [2.75, 3.05) is 13.2 Å². The third-order valence-corrected chi connectivity index (χ3v) is 8.96. The molecule has 3 saturated heterocycles. The van der Waals surface area contributed by atoms with E-state index < -0.39 is 89.9 Å². The summed E-state index contributed by atoms with van der Waals surface area (Å²) >= 11 is 0. The average molecular weight is 639 g/mol. The predicted octanol–water partition coefficient (Wildman–Crippen LogP) is 2.67. The van der Waals surface area contributed by atoms with Crippen molar-refractivity contribution >= 4 is 29.6 Å². The highest BCUT2D eigenvalue weighted by molar-refractivity contribution is 5.94. The van der Waals surface area contributed by atoms with E-state index in [-0.39, 0.29) is 38.2 Å². The fourth-order valence-corrected chi connectivity index (χ4v) is 6.59. The third kappa shape index (κ3) is 7.48. The van der Waals surface area contributed by atoms with Gasteiger partial charge in [0.2, 0.25) is 23.5 Å². The molecule has 10 nitrogen and oxygen atoms in total. The monoisotopic (exact) mass is 638 g/mol. The van der Waals surface area contributed by atoms with E-state index in [2.05, 4.69) is 15.4 Å². The molecule has 0 unspecified atom stereocenters. The summed E-state index contributed by atoms with van der Waals surface area (Å²) < 4.78 is 89.1. The van der Waals surface area contributed by atoms with Gasteiger partial charge in [0.25, 0.3) is 5.92 Å². The Morgan fingerprint density at radius 2 is 1.80 bits per heavy atom. The number of hydrogen-bond acceptors (Lipinski definition) is 6. The molecular formula is C28H36F6N4O6. The van der Waals surface area contributed by atoms with Crippen LogP contribution in [0.1, 0.15) is 64.7 Å². The number of nitrogens with zero attached hydrogens (tertiary/aromatic N) is 1. The van der Waals surface area contributed by atoms with Gasteiger partial charge >= 0.3 is 18.1 Å². The molecule has 0 spiro atoms. The minimum atomic E-state index is -5.31. The van der Waals surface area contributed by atoms with Gasteiger partial charge in [-0.1, -0.05) is 19.3 Å². The third-order valence-electron chi connectivity index (χ3n) is 8.96. The quantitative estimate of drug-likeness (QED) is 0.181. The number of alkyl halides is 5. The van der Waals surface area contributed by atoms with Crippen molar-refractivity contribution in [1.82, 2.24) is 20.9 Å². The zero-order valence-corrected chi connectivity index (χ0v) is 24.1. The number of rotatable bonds is 11. The van der Waals surface area contributed by atoms with Crippen LogP contribution in [0.3, 0.4) is 0 Å². The van der Waals surface area contributed by atoms with Crippen LogP contribution in [0.25, 0.3) is 0 Å². The molecule has 0 aromatic carbocycles. The van der Waals surface area contributed by atoms with E-state index in [1.54, 1.807) is 5.32 Å². The second kappa shape index (κ2) is 13.3. The second-order valence-electron chi connectivity index (χ2n) is 11.9. The maximum absolute atomic E-state index is 15.2. The number of fused-ring (bicyclic) bond motifs is 3. The summed E-state index contributed by atoms with van der Waals surface area (Å²) in [6, 6.07) is -6.15. The average Bonchev–Trinajstić information content (AvgIpc) is 3.31.